The maximum atomic E-state index is 11.5. The molecule has 1 aromatic rings. The number of nitrogens with zero attached hydrogens (tertiary/aromatic N) is 1. The molecule has 1 aliphatic heterocycles. The Labute approximate surface area is 109 Å². The lowest BCUT2D eigenvalue weighted by Crippen LogP contribution is -2.47. The van der Waals surface area contributed by atoms with Crippen LogP contribution < -0.4 is 10.6 Å². The fraction of sp³-hybridized carbons (Fsp3) is 0.538. The van der Waals surface area contributed by atoms with Crippen molar-refractivity contribution in [3.63, 3.8) is 0 Å². The normalized spacial score (nSPS) is 24.8. The zero-order chi connectivity index (χ0) is 13.3. The Kier molecular flexibility index (Phi) is 3.64. The molecule has 2 atom stereocenters. The fourth-order valence-corrected chi connectivity index (χ4v) is 3.91. The minimum Gasteiger partial charge on any atom is -0.367 e. The summed E-state index contributed by atoms with van der Waals surface area (Å²) >= 11 is 0. The second-order valence-corrected chi connectivity index (χ2v) is 7.27. The topological polar surface area (TPSA) is 63.4 Å². The van der Waals surface area contributed by atoms with Crippen molar-refractivity contribution in [3.05, 3.63) is 29.8 Å². The average Bonchev–Trinajstić information content (AvgIpc) is 2.28. The molecule has 100 valence electrons. The summed E-state index contributed by atoms with van der Waals surface area (Å²) in [5.41, 5.74) is 7.98. The smallest absolute Gasteiger partial charge is 0.154 e. The van der Waals surface area contributed by atoms with E-state index >= 15 is 0 Å². The predicted molar refractivity (Wildman–Crippen MR) is 74.5 cm³/mol. The van der Waals surface area contributed by atoms with Gasteiger partial charge in [-0.3, -0.25) is 0 Å². The van der Waals surface area contributed by atoms with E-state index in [1.807, 2.05) is 38.1 Å². The molecular weight excluding hydrogens is 248 g/mol. The second-order valence-electron chi connectivity index (χ2n) is 5.04. The lowest BCUT2D eigenvalue weighted by Gasteiger charge is -2.35. The molecule has 1 fully saturated rings. The van der Waals surface area contributed by atoms with Gasteiger partial charge >= 0.3 is 0 Å². The molecule has 0 bridgehead atoms. The van der Waals surface area contributed by atoms with E-state index in [-0.39, 0.29) is 23.6 Å². The minimum absolute atomic E-state index is 0.0261. The van der Waals surface area contributed by atoms with Crippen LogP contribution in [0.2, 0.25) is 0 Å². The first-order chi connectivity index (χ1) is 8.39. The molecule has 5 heteroatoms. The Bertz CT molecular complexity index is 508. The van der Waals surface area contributed by atoms with Gasteiger partial charge in [-0.1, -0.05) is 12.1 Å². The number of hydrogen-bond acceptors (Lipinski definition) is 4. The summed E-state index contributed by atoms with van der Waals surface area (Å²) in [6, 6.07) is 8.12. The monoisotopic (exact) mass is 268 g/mol. The second kappa shape index (κ2) is 4.90. The highest BCUT2D eigenvalue weighted by molar-refractivity contribution is 7.91. The van der Waals surface area contributed by atoms with E-state index in [2.05, 4.69) is 4.90 Å². The zero-order valence-corrected chi connectivity index (χ0v) is 11.7. The Hall–Kier alpha value is -1.07. The van der Waals surface area contributed by atoms with Crippen molar-refractivity contribution >= 4 is 15.5 Å². The average molecular weight is 268 g/mol. The number of anilines is 1. The third-order valence-corrected chi connectivity index (χ3v) is 5.22. The van der Waals surface area contributed by atoms with Crippen LogP contribution in [-0.4, -0.2) is 32.5 Å². The van der Waals surface area contributed by atoms with E-state index in [0.717, 1.165) is 11.3 Å². The van der Waals surface area contributed by atoms with E-state index in [1.165, 1.54) is 0 Å². The molecule has 18 heavy (non-hydrogen) atoms. The summed E-state index contributed by atoms with van der Waals surface area (Å²) in [6.07, 6.45) is 0. The molecule has 0 saturated carbocycles. The predicted octanol–water partition coefficient (Wildman–Crippen LogP) is 1.33. The van der Waals surface area contributed by atoms with E-state index in [4.69, 9.17) is 5.73 Å². The van der Waals surface area contributed by atoms with E-state index in [1.54, 1.807) is 0 Å². The quantitative estimate of drug-likeness (QED) is 0.879. The Morgan fingerprint density at radius 1 is 1.33 bits per heavy atom. The van der Waals surface area contributed by atoms with Crippen molar-refractivity contribution in [2.45, 2.75) is 25.9 Å². The molecule has 1 heterocycles. The molecule has 0 aliphatic carbocycles. The van der Waals surface area contributed by atoms with Crippen LogP contribution in [0.1, 0.15) is 25.5 Å². The van der Waals surface area contributed by atoms with Gasteiger partial charge in [0.1, 0.15) is 0 Å². The van der Waals surface area contributed by atoms with Crippen molar-refractivity contribution < 1.29 is 8.42 Å². The van der Waals surface area contributed by atoms with Gasteiger partial charge in [-0.25, -0.2) is 8.42 Å². The van der Waals surface area contributed by atoms with Crippen LogP contribution in [0.3, 0.4) is 0 Å². The number of benzene rings is 1. The molecule has 1 saturated heterocycles. The lowest BCUT2D eigenvalue weighted by atomic mass is 10.1. The number of hydrogen-bond donors (Lipinski definition) is 1. The summed E-state index contributed by atoms with van der Waals surface area (Å²) < 4.78 is 23.1. The highest BCUT2D eigenvalue weighted by atomic mass is 32.2. The molecule has 4 nitrogen and oxygen atoms in total. The highest BCUT2D eigenvalue weighted by Gasteiger charge is 2.28. The van der Waals surface area contributed by atoms with Crippen molar-refractivity contribution in [1.82, 2.24) is 0 Å². The third kappa shape index (κ3) is 2.84. The van der Waals surface area contributed by atoms with Gasteiger partial charge in [0.05, 0.1) is 11.5 Å². The minimum atomic E-state index is -2.86. The van der Waals surface area contributed by atoms with Gasteiger partial charge in [0.15, 0.2) is 9.84 Å². The first-order valence-corrected chi connectivity index (χ1v) is 8.04. The molecule has 1 aromatic carbocycles. The van der Waals surface area contributed by atoms with E-state index < -0.39 is 9.84 Å². The van der Waals surface area contributed by atoms with Gasteiger partial charge in [0, 0.05) is 24.3 Å². The molecule has 2 unspecified atom stereocenters. The summed E-state index contributed by atoms with van der Waals surface area (Å²) in [6.45, 7) is 4.47. The Morgan fingerprint density at radius 2 is 1.94 bits per heavy atom. The third-order valence-electron chi connectivity index (χ3n) is 3.42. The fourth-order valence-electron chi connectivity index (χ4n) is 2.35. The van der Waals surface area contributed by atoms with E-state index in [9.17, 15) is 8.42 Å². The van der Waals surface area contributed by atoms with Gasteiger partial charge in [0.25, 0.3) is 0 Å². The van der Waals surface area contributed by atoms with Crippen LogP contribution in [0.5, 0.6) is 0 Å². The van der Waals surface area contributed by atoms with Gasteiger partial charge in [-0.05, 0) is 31.5 Å². The highest BCUT2D eigenvalue weighted by Crippen LogP contribution is 2.23. The molecule has 0 amide bonds. The van der Waals surface area contributed by atoms with Crippen molar-refractivity contribution in [2.75, 3.05) is 23.0 Å². The summed E-state index contributed by atoms with van der Waals surface area (Å²) in [4.78, 5) is 2.14. The standard InChI is InChI=1S/C13H20N2O2S/c1-10-9-18(16,17)8-7-15(10)13-5-3-12(4-6-13)11(2)14/h3-6,10-11H,7-9,14H2,1-2H3. The molecule has 0 radical (unpaired) electrons. The molecule has 2 N–H and O–H groups in total. The van der Waals surface area contributed by atoms with Gasteiger partial charge in [-0.2, -0.15) is 0 Å². The van der Waals surface area contributed by atoms with Crippen LogP contribution in [-0.2, 0) is 9.84 Å². The summed E-state index contributed by atoms with van der Waals surface area (Å²) in [7, 11) is -2.86. The van der Waals surface area contributed by atoms with E-state index in [0.29, 0.717) is 6.54 Å². The SMILES string of the molecule is CC(N)c1ccc(N2CCS(=O)(=O)CC2C)cc1. The van der Waals surface area contributed by atoms with Crippen LogP contribution >= 0.6 is 0 Å². The number of rotatable bonds is 2. The zero-order valence-electron chi connectivity index (χ0n) is 10.8. The molecule has 0 spiro atoms. The maximum Gasteiger partial charge on any atom is 0.154 e. The Balaban J connectivity index is 2.17. The number of sulfone groups is 1. The summed E-state index contributed by atoms with van der Waals surface area (Å²) in [5, 5.41) is 0. The first-order valence-electron chi connectivity index (χ1n) is 6.22. The maximum absolute atomic E-state index is 11.5. The van der Waals surface area contributed by atoms with Crippen LogP contribution in [0.25, 0.3) is 0 Å². The molecule has 0 aromatic heterocycles. The van der Waals surface area contributed by atoms with Crippen molar-refractivity contribution in [3.8, 4) is 0 Å². The van der Waals surface area contributed by atoms with Crippen LogP contribution in [0.15, 0.2) is 24.3 Å². The van der Waals surface area contributed by atoms with Crippen LogP contribution in [0.4, 0.5) is 5.69 Å². The number of nitrogens with two attached hydrogens (primary N) is 1. The first kappa shape index (κ1) is 13.4. The lowest BCUT2D eigenvalue weighted by molar-refractivity contribution is 0.568. The molecular formula is C13H20N2O2S. The molecule has 2 rings (SSSR count). The largest absolute Gasteiger partial charge is 0.367 e. The Morgan fingerprint density at radius 3 is 2.44 bits per heavy atom. The van der Waals surface area contributed by atoms with Gasteiger partial charge in [0.2, 0.25) is 0 Å². The van der Waals surface area contributed by atoms with Crippen molar-refractivity contribution in [2.24, 2.45) is 5.73 Å². The van der Waals surface area contributed by atoms with Gasteiger partial charge < -0.3 is 10.6 Å². The summed E-state index contributed by atoms with van der Waals surface area (Å²) in [5.74, 6) is 0.481. The molecule has 1 aliphatic rings. The van der Waals surface area contributed by atoms with Crippen molar-refractivity contribution in [1.29, 1.82) is 0 Å². The van der Waals surface area contributed by atoms with Gasteiger partial charge in [-0.15, -0.1) is 0 Å². The van der Waals surface area contributed by atoms with Crippen LogP contribution in [0, 0.1) is 0 Å².